The van der Waals surface area contributed by atoms with Crippen LogP contribution in [0.15, 0.2) is 40.2 Å². The molecular weight excluding hydrogens is 428 g/mol. The number of halogens is 1. The number of nitrogens with one attached hydrogen (secondary N) is 1. The maximum absolute atomic E-state index is 12.9. The van der Waals surface area contributed by atoms with Crippen molar-refractivity contribution >= 4 is 39.1 Å². The van der Waals surface area contributed by atoms with Crippen LogP contribution in [0.4, 0.5) is 0 Å². The summed E-state index contributed by atoms with van der Waals surface area (Å²) < 4.78 is 6.42. The Hall–Kier alpha value is -1.86. The molecule has 2 amide bonds. The fourth-order valence-electron chi connectivity index (χ4n) is 2.59. The maximum Gasteiger partial charge on any atom is 0.251 e. The molecule has 1 N–H and O–H groups in total. The Morgan fingerprint density at radius 3 is 2.37 bits per heavy atom. The van der Waals surface area contributed by atoms with Gasteiger partial charge in [-0.05, 0) is 65.2 Å². The van der Waals surface area contributed by atoms with Crippen LogP contribution in [0.2, 0.25) is 0 Å². The zero-order chi connectivity index (χ0) is 20.0. The lowest BCUT2D eigenvalue weighted by molar-refractivity contribution is -0.133. The minimum Gasteiger partial charge on any atom is -0.494 e. The van der Waals surface area contributed by atoms with Crippen molar-refractivity contribution < 1.29 is 14.3 Å². The number of rotatable bonds is 8. The van der Waals surface area contributed by atoms with E-state index < -0.39 is 6.04 Å². The molecule has 0 spiro atoms. The number of hydrogen-bond acceptors (Lipinski definition) is 4. The highest BCUT2D eigenvalue weighted by atomic mass is 79.9. The largest absolute Gasteiger partial charge is 0.494 e. The minimum absolute atomic E-state index is 0.0262. The van der Waals surface area contributed by atoms with Crippen LogP contribution < -0.4 is 10.1 Å². The highest BCUT2D eigenvalue weighted by Gasteiger charge is 2.27. The molecule has 1 aromatic carbocycles. The summed E-state index contributed by atoms with van der Waals surface area (Å²) in [5, 5.41) is 2.88. The Bertz CT molecular complexity index is 774. The summed E-state index contributed by atoms with van der Waals surface area (Å²) in [6.07, 6.45) is 0. The average molecular weight is 453 g/mol. The van der Waals surface area contributed by atoms with Crippen molar-refractivity contribution in [3.05, 3.63) is 50.6 Å². The van der Waals surface area contributed by atoms with Crippen LogP contribution in [0.25, 0.3) is 0 Å². The number of benzene rings is 1. The number of carbonyl (C=O) groups excluding carboxylic acids is 2. The van der Waals surface area contributed by atoms with Gasteiger partial charge in [0.1, 0.15) is 11.8 Å². The first-order valence-electron chi connectivity index (χ1n) is 8.84. The molecule has 1 aromatic heterocycles. The molecule has 146 valence electrons. The third-order valence-electron chi connectivity index (χ3n) is 4.04. The quantitative estimate of drug-likeness (QED) is 0.648. The number of thiophene rings is 1. The van der Waals surface area contributed by atoms with Crippen LogP contribution in [0.3, 0.4) is 0 Å². The van der Waals surface area contributed by atoms with E-state index in [0.717, 1.165) is 8.66 Å². The molecule has 0 radical (unpaired) electrons. The zero-order valence-corrected chi connectivity index (χ0v) is 18.4. The van der Waals surface area contributed by atoms with E-state index in [0.29, 0.717) is 24.5 Å². The van der Waals surface area contributed by atoms with Crippen LogP contribution in [-0.2, 0) is 11.3 Å². The molecule has 2 rings (SSSR count). The monoisotopic (exact) mass is 452 g/mol. The number of hydrogen-bond donors (Lipinski definition) is 1. The Morgan fingerprint density at radius 2 is 1.85 bits per heavy atom. The van der Waals surface area contributed by atoms with Gasteiger partial charge in [-0.15, -0.1) is 11.3 Å². The van der Waals surface area contributed by atoms with Gasteiger partial charge < -0.3 is 15.0 Å². The van der Waals surface area contributed by atoms with E-state index in [1.54, 1.807) is 47.5 Å². The Morgan fingerprint density at radius 1 is 1.19 bits per heavy atom. The molecule has 5 nitrogen and oxygen atoms in total. The van der Waals surface area contributed by atoms with Gasteiger partial charge in [0.05, 0.1) is 16.9 Å². The van der Waals surface area contributed by atoms with E-state index >= 15 is 0 Å². The molecule has 1 unspecified atom stereocenters. The van der Waals surface area contributed by atoms with Gasteiger partial charge in [0, 0.05) is 17.5 Å². The third-order valence-corrected chi connectivity index (χ3v) is 5.65. The van der Waals surface area contributed by atoms with Crippen molar-refractivity contribution in [1.82, 2.24) is 10.2 Å². The second-order valence-electron chi connectivity index (χ2n) is 6.55. The Kier molecular flexibility index (Phi) is 7.86. The molecule has 2 aromatic rings. The van der Waals surface area contributed by atoms with Crippen molar-refractivity contribution in [2.45, 2.75) is 33.4 Å². The van der Waals surface area contributed by atoms with Crippen LogP contribution in [-0.4, -0.2) is 36.4 Å². The minimum atomic E-state index is -0.586. The van der Waals surface area contributed by atoms with Gasteiger partial charge in [0.2, 0.25) is 5.91 Å². The lowest BCUT2D eigenvalue weighted by atomic mass is 10.0. The number of ether oxygens (including phenoxy) is 1. The topological polar surface area (TPSA) is 58.6 Å². The summed E-state index contributed by atoms with van der Waals surface area (Å²) in [6.45, 7) is 6.85. The van der Waals surface area contributed by atoms with Crippen molar-refractivity contribution in [2.75, 3.05) is 13.7 Å². The van der Waals surface area contributed by atoms with E-state index in [-0.39, 0.29) is 17.7 Å². The zero-order valence-electron chi connectivity index (χ0n) is 16.0. The SMILES string of the molecule is CCOc1ccc(C(=O)NC(C(=O)N(C)Cc2ccc(Br)s2)C(C)C)cc1. The summed E-state index contributed by atoms with van der Waals surface area (Å²) in [5.41, 5.74) is 0.502. The molecule has 0 saturated carbocycles. The average Bonchev–Trinajstić information content (AvgIpc) is 3.04. The van der Waals surface area contributed by atoms with Crippen molar-refractivity contribution in [3.8, 4) is 5.75 Å². The molecule has 1 atom stereocenters. The van der Waals surface area contributed by atoms with Gasteiger partial charge in [0.15, 0.2) is 0 Å². The standard InChI is InChI=1S/C20H25BrN2O3S/c1-5-26-15-8-6-14(7-9-15)19(24)22-18(13(2)3)20(25)23(4)12-16-10-11-17(21)27-16/h6-11,13,18H,5,12H2,1-4H3,(H,22,24). The second-order valence-corrected chi connectivity index (χ2v) is 9.10. The van der Waals surface area contributed by atoms with Crippen LogP contribution in [0, 0.1) is 5.92 Å². The first kappa shape index (κ1) is 21.4. The lowest BCUT2D eigenvalue weighted by Crippen LogP contribution is -2.49. The molecule has 27 heavy (non-hydrogen) atoms. The third kappa shape index (κ3) is 6.07. The molecule has 0 saturated heterocycles. The van der Waals surface area contributed by atoms with Crippen molar-refractivity contribution in [1.29, 1.82) is 0 Å². The molecule has 0 fully saturated rings. The van der Waals surface area contributed by atoms with E-state index in [1.807, 2.05) is 32.9 Å². The van der Waals surface area contributed by atoms with Crippen molar-refractivity contribution in [3.63, 3.8) is 0 Å². The highest BCUT2D eigenvalue weighted by molar-refractivity contribution is 9.11. The molecule has 0 aliphatic heterocycles. The smallest absolute Gasteiger partial charge is 0.251 e. The van der Waals surface area contributed by atoms with Crippen molar-refractivity contribution in [2.24, 2.45) is 5.92 Å². The van der Waals surface area contributed by atoms with E-state index in [2.05, 4.69) is 21.2 Å². The summed E-state index contributed by atoms with van der Waals surface area (Å²) in [4.78, 5) is 28.2. The molecule has 0 aliphatic carbocycles. The maximum atomic E-state index is 12.9. The fraction of sp³-hybridized carbons (Fsp3) is 0.400. The molecule has 0 aliphatic rings. The van der Waals surface area contributed by atoms with Crippen LogP contribution in [0.1, 0.15) is 36.0 Å². The van der Waals surface area contributed by atoms with E-state index in [1.165, 1.54) is 0 Å². The number of nitrogens with zero attached hydrogens (tertiary/aromatic N) is 1. The normalized spacial score (nSPS) is 11.9. The predicted molar refractivity (Wildman–Crippen MR) is 112 cm³/mol. The van der Waals surface area contributed by atoms with Gasteiger partial charge >= 0.3 is 0 Å². The molecule has 0 bridgehead atoms. The number of amides is 2. The first-order valence-corrected chi connectivity index (χ1v) is 10.5. The molecular formula is C20H25BrN2O3S. The second kappa shape index (κ2) is 9.90. The van der Waals surface area contributed by atoms with Gasteiger partial charge in [-0.2, -0.15) is 0 Å². The first-order chi connectivity index (χ1) is 12.8. The summed E-state index contributed by atoms with van der Waals surface area (Å²) in [6, 6.07) is 10.3. The summed E-state index contributed by atoms with van der Waals surface area (Å²) in [7, 11) is 1.76. The predicted octanol–water partition coefficient (Wildman–Crippen LogP) is 4.32. The van der Waals surface area contributed by atoms with E-state index in [9.17, 15) is 9.59 Å². The molecule has 1 heterocycles. The van der Waals surface area contributed by atoms with Gasteiger partial charge in [0.25, 0.3) is 5.91 Å². The van der Waals surface area contributed by atoms with E-state index in [4.69, 9.17) is 4.74 Å². The summed E-state index contributed by atoms with van der Waals surface area (Å²) in [5.74, 6) is 0.320. The Balaban J connectivity index is 2.04. The van der Waals surface area contributed by atoms with Crippen LogP contribution >= 0.6 is 27.3 Å². The highest BCUT2D eigenvalue weighted by Crippen LogP contribution is 2.23. The van der Waals surface area contributed by atoms with Crippen LogP contribution in [0.5, 0.6) is 5.75 Å². The van der Waals surface area contributed by atoms with Gasteiger partial charge in [-0.3, -0.25) is 9.59 Å². The fourth-order valence-corrected chi connectivity index (χ4v) is 4.13. The summed E-state index contributed by atoms with van der Waals surface area (Å²) >= 11 is 5.03. The Labute approximate surface area is 172 Å². The molecule has 7 heteroatoms. The number of carbonyl (C=O) groups is 2. The van der Waals surface area contributed by atoms with Gasteiger partial charge in [-0.25, -0.2) is 0 Å². The van der Waals surface area contributed by atoms with Gasteiger partial charge in [-0.1, -0.05) is 13.8 Å². The number of likely N-dealkylation sites (N-methyl/N-ethyl adjacent to an activating group) is 1. The lowest BCUT2D eigenvalue weighted by Gasteiger charge is -2.27.